The zero-order valence-electron chi connectivity index (χ0n) is 13.2. The molecule has 0 aliphatic carbocycles. The first-order valence-electron chi connectivity index (χ1n) is 7.41. The molecule has 0 bridgehead atoms. The van der Waals surface area contributed by atoms with Crippen molar-refractivity contribution in [2.75, 3.05) is 13.7 Å². The number of ether oxygens (including phenoxy) is 2. The monoisotopic (exact) mass is 317 g/mol. The van der Waals surface area contributed by atoms with E-state index in [2.05, 4.69) is 5.32 Å². The van der Waals surface area contributed by atoms with Gasteiger partial charge in [-0.1, -0.05) is 18.2 Å². The lowest BCUT2D eigenvalue weighted by Gasteiger charge is -2.15. The van der Waals surface area contributed by atoms with Crippen molar-refractivity contribution in [1.82, 2.24) is 5.32 Å². The Kier molecular flexibility index (Phi) is 5.97. The van der Waals surface area contributed by atoms with Gasteiger partial charge in [0.1, 0.15) is 17.3 Å². The molecule has 0 unspecified atom stereocenters. The highest BCUT2D eigenvalue weighted by Gasteiger charge is 2.14. The Morgan fingerprint density at radius 3 is 2.57 bits per heavy atom. The van der Waals surface area contributed by atoms with Gasteiger partial charge in [-0.3, -0.25) is 4.79 Å². The van der Waals surface area contributed by atoms with E-state index in [1.807, 2.05) is 0 Å². The van der Waals surface area contributed by atoms with Gasteiger partial charge in [0.15, 0.2) is 6.10 Å². The highest BCUT2D eigenvalue weighted by molar-refractivity contribution is 5.80. The average molecular weight is 317 g/mol. The molecule has 0 aromatic heterocycles. The van der Waals surface area contributed by atoms with Crippen LogP contribution in [0.2, 0.25) is 0 Å². The maximum absolute atomic E-state index is 12.8. The van der Waals surface area contributed by atoms with Gasteiger partial charge in [0.05, 0.1) is 7.11 Å². The summed E-state index contributed by atoms with van der Waals surface area (Å²) in [6, 6.07) is 13.3. The van der Waals surface area contributed by atoms with Crippen LogP contribution >= 0.6 is 0 Å². The van der Waals surface area contributed by atoms with Crippen LogP contribution in [0.5, 0.6) is 11.5 Å². The first-order chi connectivity index (χ1) is 11.1. The van der Waals surface area contributed by atoms with Crippen molar-refractivity contribution in [2.24, 2.45) is 0 Å². The zero-order chi connectivity index (χ0) is 16.7. The summed E-state index contributed by atoms with van der Waals surface area (Å²) in [5.74, 6) is 0.782. The molecule has 1 amide bonds. The summed E-state index contributed by atoms with van der Waals surface area (Å²) in [7, 11) is 1.57. The Balaban J connectivity index is 1.79. The molecule has 0 radical (unpaired) electrons. The van der Waals surface area contributed by atoms with Crippen molar-refractivity contribution in [1.29, 1.82) is 0 Å². The average Bonchev–Trinajstić information content (AvgIpc) is 2.56. The summed E-state index contributed by atoms with van der Waals surface area (Å²) < 4.78 is 23.5. The van der Waals surface area contributed by atoms with Crippen LogP contribution in [0.15, 0.2) is 48.5 Å². The SMILES string of the molecule is COc1cccc(O[C@H](C)C(=O)NCCc2ccc(F)cc2)c1. The molecule has 2 rings (SSSR count). The first kappa shape index (κ1) is 16.8. The minimum absolute atomic E-state index is 0.199. The van der Waals surface area contributed by atoms with Crippen molar-refractivity contribution >= 4 is 5.91 Å². The fourth-order valence-corrected chi connectivity index (χ4v) is 2.06. The van der Waals surface area contributed by atoms with E-state index in [0.717, 1.165) is 5.56 Å². The van der Waals surface area contributed by atoms with Crippen LogP contribution in [0, 0.1) is 5.82 Å². The summed E-state index contributed by atoms with van der Waals surface area (Å²) >= 11 is 0. The predicted molar refractivity (Wildman–Crippen MR) is 86.2 cm³/mol. The van der Waals surface area contributed by atoms with Gasteiger partial charge in [-0.05, 0) is 43.2 Å². The molecule has 2 aromatic carbocycles. The fraction of sp³-hybridized carbons (Fsp3) is 0.278. The third-order valence-electron chi connectivity index (χ3n) is 3.35. The van der Waals surface area contributed by atoms with Crippen LogP contribution in [0.1, 0.15) is 12.5 Å². The Morgan fingerprint density at radius 2 is 1.87 bits per heavy atom. The predicted octanol–water partition coefficient (Wildman–Crippen LogP) is 2.96. The first-order valence-corrected chi connectivity index (χ1v) is 7.41. The normalized spacial score (nSPS) is 11.6. The lowest BCUT2D eigenvalue weighted by atomic mass is 10.1. The third-order valence-corrected chi connectivity index (χ3v) is 3.35. The van der Waals surface area contributed by atoms with Crippen molar-refractivity contribution in [2.45, 2.75) is 19.4 Å². The number of hydrogen-bond donors (Lipinski definition) is 1. The molecule has 0 saturated heterocycles. The maximum Gasteiger partial charge on any atom is 0.260 e. The molecular weight excluding hydrogens is 297 g/mol. The molecule has 122 valence electrons. The molecule has 1 atom stereocenters. The molecule has 0 spiro atoms. The van der Waals surface area contributed by atoms with Crippen molar-refractivity contribution in [3.63, 3.8) is 0 Å². The molecule has 4 nitrogen and oxygen atoms in total. The van der Waals surface area contributed by atoms with Gasteiger partial charge >= 0.3 is 0 Å². The van der Waals surface area contributed by atoms with Gasteiger partial charge in [-0.25, -0.2) is 4.39 Å². The number of nitrogens with one attached hydrogen (secondary N) is 1. The summed E-state index contributed by atoms with van der Waals surface area (Å²) in [6.07, 6.45) is 0.0214. The molecule has 0 heterocycles. The molecule has 23 heavy (non-hydrogen) atoms. The van der Waals surface area contributed by atoms with Crippen LogP contribution in [-0.4, -0.2) is 25.7 Å². The van der Waals surface area contributed by atoms with E-state index in [4.69, 9.17) is 9.47 Å². The Labute approximate surface area is 135 Å². The number of halogens is 1. The smallest absolute Gasteiger partial charge is 0.260 e. The highest BCUT2D eigenvalue weighted by atomic mass is 19.1. The Morgan fingerprint density at radius 1 is 1.17 bits per heavy atom. The van der Waals surface area contributed by atoms with E-state index in [-0.39, 0.29) is 11.7 Å². The number of rotatable bonds is 7. The van der Waals surface area contributed by atoms with Gasteiger partial charge in [-0.2, -0.15) is 0 Å². The van der Waals surface area contributed by atoms with Gasteiger partial charge in [0, 0.05) is 12.6 Å². The molecule has 0 saturated carbocycles. The molecular formula is C18H20FNO3. The number of amides is 1. The van der Waals surface area contributed by atoms with Gasteiger partial charge < -0.3 is 14.8 Å². The summed E-state index contributed by atoms with van der Waals surface area (Å²) in [4.78, 5) is 12.0. The van der Waals surface area contributed by atoms with Crippen LogP contribution < -0.4 is 14.8 Å². The van der Waals surface area contributed by atoms with E-state index >= 15 is 0 Å². The summed E-state index contributed by atoms with van der Waals surface area (Å²) in [5.41, 5.74) is 0.966. The minimum Gasteiger partial charge on any atom is -0.497 e. The highest BCUT2D eigenvalue weighted by Crippen LogP contribution is 2.19. The Bertz CT molecular complexity index is 643. The van der Waals surface area contributed by atoms with Gasteiger partial charge in [-0.15, -0.1) is 0 Å². The standard InChI is InChI=1S/C18H20FNO3/c1-13(23-17-5-3-4-16(12-17)22-2)18(21)20-11-10-14-6-8-15(19)9-7-14/h3-9,12-13H,10-11H2,1-2H3,(H,20,21)/t13-/m1/s1. The topological polar surface area (TPSA) is 47.6 Å². The van der Waals surface area contributed by atoms with Gasteiger partial charge in [0.2, 0.25) is 0 Å². The van der Waals surface area contributed by atoms with E-state index in [0.29, 0.717) is 24.5 Å². The molecule has 0 fully saturated rings. The van der Waals surface area contributed by atoms with Crippen LogP contribution in [0.4, 0.5) is 4.39 Å². The molecule has 5 heteroatoms. The second-order valence-corrected chi connectivity index (χ2v) is 5.11. The van der Waals surface area contributed by atoms with Crippen molar-refractivity contribution in [3.05, 3.63) is 59.9 Å². The van der Waals surface area contributed by atoms with E-state index in [9.17, 15) is 9.18 Å². The zero-order valence-corrected chi connectivity index (χ0v) is 13.2. The maximum atomic E-state index is 12.8. The van der Waals surface area contributed by atoms with Crippen molar-refractivity contribution < 1.29 is 18.7 Å². The quantitative estimate of drug-likeness (QED) is 0.854. The van der Waals surface area contributed by atoms with Crippen LogP contribution in [0.25, 0.3) is 0 Å². The van der Waals surface area contributed by atoms with E-state index in [1.165, 1.54) is 12.1 Å². The minimum atomic E-state index is -0.615. The molecule has 0 aliphatic rings. The summed E-state index contributed by atoms with van der Waals surface area (Å²) in [6.45, 7) is 2.16. The lowest BCUT2D eigenvalue weighted by Crippen LogP contribution is -2.37. The summed E-state index contributed by atoms with van der Waals surface area (Å²) in [5, 5.41) is 2.81. The molecule has 1 N–H and O–H groups in total. The number of methoxy groups -OCH3 is 1. The number of benzene rings is 2. The van der Waals surface area contributed by atoms with Crippen LogP contribution in [-0.2, 0) is 11.2 Å². The molecule has 2 aromatic rings. The lowest BCUT2D eigenvalue weighted by molar-refractivity contribution is -0.127. The van der Waals surface area contributed by atoms with E-state index < -0.39 is 6.10 Å². The number of hydrogen-bond acceptors (Lipinski definition) is 3. The fourth-order valence-electron chi connectivity index (χ4n) is 2.06. The molecule has 0 aliphatic heterocycles. The number of carbonyl (C=O) groups is 1. The second kappa shape index (κ2) is 8.17. The third kappa shape index (κ3) is 5.29. The van der Waals surface area contributed by atoms with Crippen LogP contribution in [0.3, 0.4) is 0 Å². The Hall–Kier alpha value is -2.56. The van der Waals surface area contributed by atoms with Gasteiger partial charge in [0.25, 0.3) is 5.91 Å². The second-order valence-electron chi connectivity index (χ2n) is 5.11. The largest absolute Gasteiger partial charge is 0.497 e. The van der Waals surface area contributed by atoms with Crippen molar-refractivity contribution in [3.8, 4) is 11.5 Å². The van der Waals surface area contributed by atoms with E-state index in [1.54, 1.807) is 50.4 Å². The number of carbonyl (C=O) groups excluding carboxylic acids is 1.